The molecule has 3 rings (SSSR count). The number of nitrogens with one attached hydrogen (secondary N) is 2. The summed E-state index contributed by atoms with van der Waals surface area (Å²) in [6.07, 6.45) is 0.187. The zero-order valence-corrected chi connectivity index (χ0v) is 14.1. The van der Waals surface area contributed by atoms with Crippen molar-refractivity contribution in [3.8, 4) is 0 Å². The van der Waals surface area contributed by atoms with Gasteiger partial charge in [-0.2, -0.15) is 0 Å². The minimum Gasteiger partial charge on any atom is -0.466 e. The van der Waals surface area contributed by atoms with Crippen LogP contribution in [0.2, 0.25) is 0 Å². The van der Waals surface area contributed by atoms with Crippen LogP contribution < -0.4 is 5.56 Å². The Bertz CT molecular complexity index is 801. The summed E-state index contributed by atoms with van der Waals surface area (Å²) in [7, 11) is 0. The lowest BCUT2D eigenvalue weighted by atomic mass is 9.66. The molecular weight excluding hydrogens is 308 g/mol. The van der Waals surface area contributed by atoms with Gasteiger partial charge in [0.05, 0.1) is 18.1 Å². The van der Waals surface area contributed by atoms with Gasteiger partial charge in [-0.05, 0) is 26.3 Å². The predicted molar refractivity (Wildman–Crippen MR) is 88.9 cm³/mol. The molecule has 1 aliphatic rings. The first-order valence-corrected chi connectivity index (χ1v) is 8.10. The van der Waals surface area contributed by atoms with Crippen molar-refractivity contribution in [3.05, 3.63) is 57.0 Å². The van der Waals surface area contributed by atoms with E-state index >= 15 is 0 Å². The van der Waals surface area contributed by atoms with Gasteiger partial charge in [-0.3, -0.25) is 14.7 Å². The summed E-state index contributed by atoms with van der Waals surface area (Å²) in [4.78, 5) is 24.9. The number of hydrogen-bond donors (Lipinski definition) is 3. The lowest BCUT2D eigenvalue weighted by Gasteiger charge is -2.40. The molecule has 1 aromatic carbocycles. The van der Waals surface area contributed by atoms with Crippen LogP contribution in [-0.4, -0.2) is 33.5 Å². The molecule has 0 spiro atoms. The fraction of sp³-hybridized carbons (Fsp3) is 0.444. The van der Waals surface area contributed by atoms with Gasteiger partial charge in [-0.1, -0.05) is 29.8 Å². The van der Waals surface area contributed by atoms with E-state index < -0.39 is 23.4 Å². The van der Waals surface area contributed by atoms with Crippen molar-refractivity contribution < 1.29 is 14.6 Å². The van der Waals surface area contributed by atoms with Crippen LogP contribution in [0.3, 0.4) is 0 Å². The zero-order valence-electron chi connectivity index (χ0n) is 14.1. The van der Waals surface area contributed by atoms with Crippen molar-refractivity contribution in [1.29, 1.82) is 0 Å². The monoisotopic (exact) mass is 330 g/mol. The number of aliphatic hydroxyl groups is 1. The molecule has 0 saturated heterocycles. The van der Waals surface area contributed by atoms with E-state index in [0.29, 0.717) is 11.3 Å². The Morgan fingerprint density at radius 3 is 2.62 bits per heavy atom. The average Bonchev–Trinajstić information content (AvgIpc) is 2.86. The van der Waals surface area contributed by atoms with Crippen molar-refractivity contribution in [2.45, 2.75) is 38.7 Å². The van der Waals surface area contributed by atoms with E-state index in [-0.39, 0.29) is 18.6 Å². The highest BCUT2D eigenvalue weighted by Gasteiger charge is 2.51. The smallest absolute Gasteiger partial charge is 0.312 e. The van der Waals surface area contributed by atoms with E-state index in [0.717, 1.165) is 11.1 Å². The van der Waals surface area contributed by atoms with Gasteiger partial charge in [0.1, 0.15) is 0 Å². The molecule has 6 nitrogen and oxygen atoms in total. The minimum atomic E-state index is -1.32. The SMILES string of the molecule is CCOC(=O)[C@H]1[C@H](c2ccc(C)cc2)c2c([nH][nH]c2=O)C[C@@]1(C)O. The Hall–Kier alpha value is -2.34. The van der Waals surface area contributed by atoms with E-state index in [1.807, 2.05) is 31.2 Å². The number of H-pyrrole nitrogens is 2. The number of benzene rings is 1. The van der Waals surface area contributed by atoms with Crippen molar-refractivity contribution in [1.82, 2.24) is 10.2 Å². The third kappa shape index (κ3) is 2.67. The number of aromatic nitrogens is 2. The summed E-state index contributed by atoms with van der Waals surface area (Å²) in [6, 6.07) is 7.65. The first-order chi connectivity index (χ1) is 11.3. The molecule has 1 aromatic heterocycles. The van der Waals surface area contributed by atoms with Crippen LogP contribution in [0.5, 0.6) is 0 Å². The minimum absolute atomic E-state index is 0.187. The molecule has 0 saturated carbocycles. The second-order valence-corrected chi connectivity index (χ2v) is 6.62. The topological polar surface area (TPSA) is 95.2 Å². The summed E-state index contributed by atoms with van der Waals surface area (Å²) < 4.78 is 5.20. The van der Waals surface area contributed by atoms with Crippen LogP contribution in [0.15, 0.2) is 29.1 Å². The molecule has 1 aliphatic carbocycles. The van der Waals surface area contributed by atoms with Crippen LogP contribution in [-0.2, 0) is 16.0 Å². The molecule has 3 N–H and O–H groups in total. The predicted octanol–water partition coefficient (Wildman–Crippen LogP) is 1.63. The molecule has 6 heteroatoms. The average molecular weight is 330 g/mol. The maximum Gasteiger partial charge on any atom is 0.312 e. The van der Waals surface area contributed by atoms with Crippen LogP contribution in [0, 0.1) is 12.8 Å². The standard InChI is InChI=1S/C18H22N2O4/c1-4-24-17(22)15-13(11-7-5-10(2)6-8-11)14-12(9-18(15,3)23)19-20-16(14)21/h5-8,13,15,23H,4,9H2,1-3H3,(H2,19,20,21)/t13-,15-,18-/m1/s1. The Kier molecular flexibility index (Phi) is 4.09. The van der Waals surface area contributed by atoms with E-state index in [1.165, 1.54) is 0 Å². The second kappa shape index (κ2) is 5.94. The largest absolute Gasteiger partial charge is 0.466 e. The number of esters is 1. The molecular formula is C18H22N2O4. The number of aryl methyl sites for hydroxylation is 1. The lowest BCUT2D eigenvalue weighted by Crippen LogP contribution is -2.50. The number of aromatic amines is 2. The van der Waals surface area contributed by atoms with Crippen LogP contribution >= 0.6 is 0 Å². The molecule has 0 radical (unpaired) electrons. The number of carbonyl (C=O) groups is 1. The van der Waals surface area contributed by atoms with Gasteiger partial charge in [0.2, 0.25) is 0 Å². The Morgan fingerprint density at radius 1 is 1.33 bits per heavy atom. The fourth-order valence-corrected chi connectivity index (χ4v) is 3.62. The van der Waals surface area contributed by atoms with Crippen LogP contribution in [0.1, 0.15) is 42.1 Å². The maximum atomic E-state index is 12.6. The number of rotatable bonds is 3. The maximum absolute atomic E-state index is 12.6. The van der Waals surface area contributed by atoms with Crippen LogP contribution in [0.4, 0.5) is 0 Å². The summed E-state index contributed by atoms with van der Waals surface area (Å²) in [5, 5.41) is 16.3. The third-order valence-corrected chi connectivity index (χ3v) is 4.72. The first-order valence-electron chi connectivity index (χ1n) is 8.10. The summed E-state index contributed by atoms with van der Waals surface area (Å²) in [5.41, 5.74) is 1.45. The van der Waals surface area contributed by atoms with Gasteiger partial charge in [-0.25, -0.2) is 0 Å². The summed E-state index contributed by atoms with van der Waals surface area (Å²) in [6.45, 7) is 5.54. The molecule has 1 heterocycles. The van der Waals surface area contributed by atoms with Gasteiger partial charge in [0.15, 0.2) is 0 Å². The molecule has 2 aromatic rings. The number of carbonyl (C=O) groups excluding carboxylic acids is 1. The van der Waals surface area contributed by atoms with Crippen molar-refractivity contribution >= 4 is 5.97 Å². The van der Waals surface area contributed by atoms with E-state index in [1.54, 1.807) is 13.8 Å². The summed E-state index contributed by atoms with van der Waals surface area (Å²) >= 11 is 0. The van der Waals surface area contributed by atoms with Gasteiger partial charge >= 0.3 is 5.97 Å². The Balaban J connectivity index is 2.20. The van der Waals surface area contributed by atoms with E-state index in [4.69, 9.17) is 4.74 Å². The van der Waals surface area contributed by atoms with Crippen LogP contribution in [0.25, 0.3) is 0 Å². The highest BCUT2D eigenvalue weighted by molar-refractivity contribution is 5.77. The Morgan fingerprint density at radius 2 is 2.00 bits per heavy atom. The van der Waals surface area contributed by atoms with Gasteiger partial charge < -0.3 is 14.9 Å². The fourth-order valence-electron chi connectivity index (χ4n) is 3.62. The highest BCUT2D eigenvalue weighted by atomic mass is 16.5. The third-order valence-electron chi connectivity index (χ3n) is 4.72. The molecule has 0 unspecified atom stereocenters. The quantitative estimate of drug-likeness (QED) is 0.746. The molecule has 0 fully saturated rings. The number of ether oxygens (including phenoxy) is 1. The van der Waals surface area contributed by atoms with Crippen molar-refractivity contribution in [2.24, 2.45) is 5.92 Å². The number of fused-ring (bicyclic) bond motifs is 1. The van der Waals surface area contributed by atoms with E-state index in [9.17, 15) is 14.7 Å². The Labute approximate surface area is 139 Å². The molecule has 0 amide bonds. The van der Waals surface area contributed by atoms with Crippen molar-refractivity contribution in [2.75, 3.05) is 6.61 Å². The van der Waals surface area contributed by atoms with Gasteiger partial charge in [0.25, 0.3) is 5.56 Å². The molecule has 24 heavy (non-hydrogen) atoms. The molecule has 3 atom stereocenters. The van der Waals surface area contributed by atoms with E-state index in [2.05, 4.69) is 10.2 Å². The first kappa shape index (κ1) is 16.5. The summed E-state index contributed by atoms with van der Waals surface area (Å²) in [5.74, 6) is -1.89. The van der Waals surface area contributed by atoms with Gasteiger partial charge in [0, 0.05) is 23.6 Å². The molecule has 0 bridgehead atoms. The van der Waals surface area contributed by atoms with Gasteiger partial charge in [-0.15, -0.1) is 0 Å². The number of hydrogen-bond acceptors (Lipinski definition) is 4. The molecule has 0 aliphatic heterocycles. The zero-order chi connectivity index (χ0) is 17.5. The highest BCUT2D eigenvalue weighted by Crippen LogP contribution is 2.44. The van der Waals surface area contributed by atoms with Crippen molar-refractivity contribution in [3.63, 3.8) is 0 Å². The molecule has 128 valence electrons. The lowest BCUT2D eigenvalue weighted by molar-refractivity contribution is -0.159. The normalized spacial score (nSPS) is 26.0. The second-order valence-electron chi connectivity index (χ2n) is 6.62.